The number of amides is 1. The molecule has 1 fully saturated rings. The van der Waals surface area contributed by atoms with Gasteiger partial charge in [-0.15, -0.1) is 0 Å². The molecule has 0 spiro atoms. The highest BCUT2D eigenvalue weighted by atomic mass is 16.1. The van der Waals surface area contributed by atoms with Crippen molar-refractivity contribution in [3.05, 3.63) is 35.4 Å². The number of benzene rings is 1. The van der Waals surface area contributed by atoms with Crippen LogP contribution in [0.4, 0.5) is 0 Å². The first-order chi connectivity index (χ1) is 11.0. The van der Waals surface area contributed by atoms with Gasteiger partial charge in [-0.1, -0.05) is 52.0 Å². The van der Waals surface area contributed by atoms with Crippen LogP contribution in [0, 0.1) is 11.8 Å². The van der Waals surface area contributed by atoms with Crippen LogP contribution in [0.1, 0.15) is 70.0 Å². The van der Waals surface area contributed by atoms with Gasteiger partial charge in [0.25, 0.3) is 0 Å². The maximum absolute atomic E-state index is 12.6. The topological polar surface area (TPSA) is 41.1 Å². The summed E-state index contributed by atoms with van der Waals surface area (Å²) in [5, 5.41) is 6.62. The predicted octanol–water partition coefficient (Wildman–Crippen LogP) is 4.01. The van der Waals surface area contributed by atoms with Crippen molar-refractivity contribution in [1.82, 2.24) is 10.6 Å². The molecule has 2 rings (SSSR count). The van der Waals surface area contributed by atoms with Crippen LogP contribution in [0.3, 0.4) is 0 Å². The van der Waals surface area contributed by atoms with Gasteiger partial charge in [-0.05, 0) is 55.3 Å². The third-order valence-corrected chi connectivity index (χ3v) is 5.15. The molecule has 0 aliphatic carbocycles. The molecule has 0 saturated carbocycles. The molecule has 1 aromatic rings. The fourth-order valence-electron chi connectivity index (χ4n) is 3.26. The minimum absolute atomic E-state index is 0.100. The highest BCUT2D eigenvalue weighted by molar-refractivity contribution is 5.79. The fraction of sp³-hybridized carbons (Fsp3) is 0.650. The standard InChI is InChI=1S/C20H32N2O/c1-5-15(4)16-6-8-17(9-7-16)19(14(2)3)22-20(23)18-10-12-21-13-11-18/h6-9,14-15,18-19,21H,5,10-13H2,1-4H3,(H,22,23). The molecule has 3 nitrogen and oxygen atoms in total. The van der Waals surface area contributed by atoms with Crippen LogP contribution in [0.25, 0.3) is 0 Å². The molecule has 2 unspecified atom stereocenters. The van der Waals surface area contributed by atoms with Crippen molar-refractivity contribution >= 4 is 5.91 Å². The molecule has 2 atom stereocenters. The Hall–Kier alpha value is -1.35. The van der Waals surface area contributed by atoms with Crippen molar-refractivity contribution in [2.45, 2.75) is 58.9 Å². The van der Waals surface area contributed by atoms with E-state index in [1.807, 2.05) is 0 Å². The zero-order chi connectivity index (χ0) is 16.8. The molecule has 1 aliphatic heterocycles. The first-order valence-electron chi connectivity index (χ1n) is 9.13. The molecular weight excluding hydrogens is 284 g/mol. The molecular formula is C20H32N2O. The monoisotopic (exact) mass is 316 g/mol. The van der Waals surface area contributed by atoms with E-state index in [1.54, 1.807) is 0 Å². The Morgan fingerprint density at radius 1 is 1.13 bits per heavy atom. The summed E-state index contributed by atoms with van der Waals surface area (Å²) in [5.74, 6) is 1.36. The van der Waals surface area contributed by atoms with Gasteiger partial charge >= 0.3 is 0 Å². The van der Waals surface area contributed by atoms with E-state index in [2.05, 4.69) is 62.6 Å². The summed E-state index contributed by atoms with van der Waals surface area (Å²) in [7, 11) is 0. The molecule has 3 heteroatoms. The summed E-state index contributed by atoms with van der Waals surface area (Å²) in [4.78, 5) is 12.6. The fourth-order valence-corrected chi connectivity index (χ4v) is 3.26. The second-order valence-electron chi connectivity index (χ2n) is 7.23. The minimum atomic E-state index is 0.100. The van der Waals surface area contributed by atoms with E-state index in [1.165, 1.54) is 11.1 Å². The largest absolute Gasteiger partial charge is 0.349 e. The van der Waals surface area contributed by atoms with E-state index < -0.39 is 0 Å². The van der Waals surface area contributed by atoms with Crippen LogP contribution in [-0.4, -0.2) is 19.0 Å². The maximum atomic E-state index is 12.6. The third-order valence-electron chi connectivity index (χ3n) is 5.15. The molecule has 1 amide bonds. The van der Waals surface area contributed by atoms with Gasteiger partial charge in [-0.25, -0.2) is 0 Å². The molecule has 1 heterocycles. The number of hydrogen-bond donors (Lipinski definition) is 2. The SMILES string of the molecule is CCC(C)c1ccc(C(NC(=O)C2CCNCC2)C(C)C)cc1. The molecule has 1 aliphatic rings. The normalized spacial score (nSPS) is 18.7. The molecule has 2 N–H and O–H groups in total. The van der Waals surface area contributed by atoms with Gasteiger partial charge in [0, 0.05) is 5.92 Å². The van der Waals surface area contributed by atoms with E-state index in [9.17, 15) is 4.79 Å². The summed E-state index contributed by atoms with van der Waals surface area (Å²) < 4.78 is 0. The zero-order valence-electron chi connectivity index (χ0n) is 15.1. The van der Waals surface area contributed by atoms with Gasteiger partial charge in [-0.3, -0.25) is 4.79 Å². The van der Waals surface area contributed by atoms with Crippen LogP contribution >= 0.6 is 0 Å². The predicted molar refractivity (Wildman–Crippen MR) is 96.5 cm³/mol. The molecule has 23 heavy (non-hydrogen) atoms. The average Bonchev–Trinajstić information content (AvgIpc) is 2.59. The number of hydrogen-bond acceptors (Lipinski definition) is 2. The highest BCUT2D eigenvalue weighted by Gasteiger charge is 2.25. The Kier molecular flexibility index (Phi) is 6.64. The number of carbonyl (C=O) groups excluding carboxylic acids is 1. The molecule has 128 valence electrons. The molecule has 1 aromatic carbocycles. The molecule has 0 bridgehead atoms. The van der Waals surface area contributed by atoms with E-state index in [0.717, 1.165) is 32.4 Å². The number of nitrogens with one attached hydrogen (secondary N) is 2. The second-order valence-corrected chi connectivity index (χ2v) is 7.23. The first kappa shape index (κ1) is 18.0. The van der Waals surface area contributed by atoms with Gasteiger partial charge in [0.2, 0.25) is 5.91 Å². The lowest BCUT2D eigenvalue weighted by atomic mass is 9.91. The quantitative estimate of drug-likeness (QED) is 0.832. The Bertz CT molecular complexity index is 489. The molecule has 0 aromatic heterocycles. The Morgan fingerprint density at radius 3 is 2.22 bits per heavy atom. The van der Waals surface area contributed by atoms with Crippen molar-refractivity contribution in [3.63, 3.8) is 0 Å². The molecule has 0 radical (unpaired) electrons. The van der Waals surface area contributed by atoms with E-state index in [4.69, 9.17) is 0 Å². The van der Waals surface area contributed by atoms with Gasteiger partial charge in [0.05, 0.1) is 6.04 Å². The lowest BCUT2D eigenvalue weighted by Gasteiger charge is -2.28. The van der Waals surface area contributed by atoms with Crippen molar-refractivity contribution in [2.24, 2.45) is 11.8 Å². The maximum Gasteiger partial charge on any atom is 0.223 e. The number of carbonyl (C=O) groups is 1. The summed E-state index contributed by atoms with van der Waals surface area (Å²) in [5.41, 5.74) is 2.60. The lowest BCUT2D eigenvalue weighted by Crippen LogP contribution is -2.40. The second kappa shape index (κ2) is 8.49. The zero-order valence-corrected chi connectivity index (χ0v) is 15.1. The summed E-state index contributed by atoms with van der Waals surface area (Å²) in [6, 6.07) is 8.91. The third kappa shape index (κ3) is 4.81. The van der Waals surface area contributed by atoms with E-state index in [-0.39, 0.29) is 17.9 Å². The number of piperidine rings is 1. The Labute approximate surface area is 141 Å². The van der Waals surface area contributed by atoms with Crippen LogP contribution in [-0.2, 0) is 4.79 Å². The van der Waals surface area contributed by atoms with Crippen molar-refractivity contribution in [3.8, 4) is 0 Å². The highest BCUT2D eigenvalue weighted by Crippen LogP contribution is 2.26. The van der Waals surface area contributed by atoms with Gasteiger partial charge in [0.1, 0.15) is 0 Å². The van der Waals surface area contributed by atoms with Crippen molar-refractivity contribution < 1.29 is 4.79 Å². The van der Waals surface area contributed by atoms with E-state index >= 15 is 0 Å². The van der Waals surface area contributed by atoms with E-state index in [0.29, 0.717) is 11.8 Å². The van der Waals surface area contributed by atoms with Crippen LogP contribution in [0.15, 0.2) is 24.3 Å². The van der Waals surface area contributed by atoms with Gasteiger partial charge in [-0.2, -0.15) is 0 Å². The summed E-state index contributed by atoms with van der Waals surface area (Å²) in [6.07, 6.45) is 3.05. The molecule has 1 saturated heterocycles. The first-order valence-corrected chi connectivity index (χ1v) is 9.13. The van der Waals surface area contributed by atoms with Crippen LogP contribution in [0.5, 0.6) is 0 Å². The number of rotatable bonds is 6. The Balaban J connectivity index is 2.07. The Morgan fingerprint density at radius 2 is 1.70 bits per heavy atom. The van der Waals surface area contributed by atoms with Crippen molar-refractivity contribution in [2.75, 3.05) is 13.1 Å². The van der Waals surface area contributed by atoms with Gasteiger partial charge < -0.3 is 10.6 Å². The minimum Gasteiger partial charge on any atom is -0.349 e. The van der Waals surface area contributed by atoms with Crippen molar-refractivity contribution in [1.29, 1.82) is 0 Å². The summed E-state index contributed by atoms with van der Waals surface area (Å²) >= 11 is 0. The lowest BCUT2D eigenvalue weighted by molar-refractivity contribution is -0.126. The van der Waals surface area contributed by atoms with Crippen LogP contribution in [0.2, 0.25) is 0 Å². The van der Waals surface area contributed by atoms with Gasteiger partial charge in [0.15, 0.2) is 0 Å². The van der Waals surface area contributed by atoms with Crippen LogP contribution < -0.4 is 10.6 Å². The summed E-state index contributed by atoms with van der Waals surface area (Å²) in [6.45, 7) is 10.7. The average molecular weight is 316 g/mol. The smallest absolute Gasteiger partial charge is 0.223 e.